The third-order valence-electron chi connectivity index (χ3n) is 2.47. The fourth-order valence-corrected chi connectivity index (χ4v) is 1.56. The van der Waals surface area contributed by atoms with Gasteiger partial charge in [0.15, 0.2) is 0 Å². The summed E-state index contributed by atoms with van der Waals surface area (Å²) >= 11 is 0. The van der Waals surface area contributed by atoms with E-state index in [4.69, 9.17) is 10.3 Å². The number of nitrogen functional groups attached to an aromatic ring is 1. The Bertz CT molecular complexity index is 686. The van der Waals surface area contributed by atoms with E-state index >= 15 is 0 Å². The van der Waals surface area contributed by atoms with Gasteiger partial charge in [0.05, 0.1) is 6.20 Å². The topological polar surface area (TPSA) is 107 Å². The summed E-state index contributed by atoms with van der Waals surface area (Å²) in [5.74, 6) is 1.14. The quantitative estimate of drug-likeness (QED) is 0.703. The number of nitrogens with two attached hydrogens (primary N) is 1. The van der Waals surface area contributed by atoms with E-state index in [2.05, 4.69) is 25.3 Å². The monoisotopic (exact) mass is 242 g/mol. The second kappa shape index (κ2) is 3.95. The molecule has 0 saturated carbocycles. The second-order valence-corrected chi connectivity index (χ2v) is 3.84. The molecular weight excluding hydrogens is 232 g/mol. The maximum absolute atomic E-state index is 5.68. The molecule has 0 aliphatic carbocycles. The number of anilines is 1. The van der Waals surface area contributed by atoms with Crippen LogP contribution in [0.1, 0.15) is 5.56 Å². The van der Waals surface area contributed by atoms with Crippen molar-refractivity contribution >= 4 is 5.82 Å². The van der Waals surface area contributed by atoms with E-state index < -0.39 is 0 Å². The number of pyridine rings is 1. The molecule has 0 saturated heterocycles. The Labute approximate surface area is 102 Å². The van der Waals surface area contributed by atoms with Crippen molar-refractivity contribution in [3.63, 3.8) is 0 Å². The summed E-state index contributed by atoms with van der Waals surface area (Å²) in [5.41, 5.74) is 8.01. The lowest BCUT2D eigenvalue weighted by molar-refractivity contribution is 0.432. The highest BCUT2D eigenvalue weighted by Crippen LogP contribution is 2.24. The Morgan fingerprint density at radius 3 is 3.00 bits per heavy atom. The van der Waals surface area contributed by atoms with Crippen molar-refractivity contribution in [2.75, 3.05) is 5.73 Å². The highest BCUT2D eigenvalue weighted by molar-refractivity contribution is 5.67. The molecule has 0 atom stereocenters. The van der Waals surface area contributed by atoms with Crippen molar-refractivity contribution in [1.29, 1.82) is 0 Å². The van der Waals surface area contributed by atoms with Gasteiger partial charge in [-0.25, -0.2) is 0 Å². The van der Waals surface area contributed by atoms with Crippen LogP contribution in [0.4, 0.5) is 5.82 Å². The number of nitrogens with zero attached hydrogens (tertiary/aromatic N) is 4. The van der Waals surface area contributed by atoms with Crippen molar-refractivity contribution in [2.45, 2.75) is 6.92 Å². The molecule has 7 heteroatoms. The predicted molar refractivity (Wildman–Crippen MR) is 64.3 cm³/mol. The van der Waals surface area contributed by atoms with E-state index in [-0.39, 0.29) is 0 Å². The van der Waals surface area contributed by atoms with Gasteiger partial charge in [-0.15, -0.1) is 0 Å². The molecule has 3 rings (SSSR count). The van der Waals surface area contributed by atoms with Crippen molar-refractivity contribution in [3.8, 4) is 23.0 Å². The van der Waals surface area contributed by atoms with Crippen LogP contribution in [0.15, 0.2) is 29.0 Å². The molecule has 0 bridgehead atoms. The molecule has 0 radical (unpaired) electrons. The predicted octanol–water partition coefficient (Wildman–Crippen LogP) is 1.41. The first kappa shape index (κ1) is 10.5. The van der Waals surface area contributed by atoms with Gasteiger partial charge in [0.1, 0.15) is 17.1 Å². The van der Waals surface area contributed by atoms with Gasteiger partial charge in [0.25, 0.3) is 5.89 Å². The van der Waals surface area contributed by atoms with Crippen LogP contribution in [-0.2, 0) is 0 Å². The molecule has 90 valence electrons. The minimum Gasteiger partial charge on any atom is -0.383 e. The van der Waals surface area contributed by atoms with Crippen molar-refractivity contribution < 1.29 is 4.52 Å². The van der Waals surface area contributed by atoms with Crippen LogP contribution < -0.4 is 5.73 Å². The van der Waals surface area contributed by atoms with E-state index in [9.17, 15) is 0 Å². The zero-order valence-electron chi connectivity index (χ0n) is 9.58. The molecule has 0 aliphatic heterocycles. The van der Waals surface area contributed by atoms with Crippen LogP contribution in [0.3, 0.4) is 0 Å². The number of aromatic nitrogens is 5. The van der Waals surface area contributed by atoms with Gasteiger partial charge in [0, 0.05) is 6.20 Å². The molecule has 0 spiro atoms. The minimum absolute atomic E-state index is 0.319. The average Bonchev–Trinajstić information content (AvgIpc) is 2.97. The second-order valence-electron chi connectivity index (χ2n) is 3.84. The maximum Gasteiger partial charge on any atom is 0.263 e. The number of aromatic amines is 1. The van der Waals surface area contributed by atoms with Gasteiger partial charge in [0.2, 0.25) is 5.82 Å². The van der Waals surface area contributed by atoms with Gasteiger partial charge in [-0.1, -0.05) is 5.16 Å². The smallest absolute Gasteiger partial charge is 0.263 e. The van der Waals surface area contributed by atoms with E-state index in [1.165, 1.54) is 6.20 Å². The molecular formula is C11H10N6O. The maximum atomic E-state index is 5.68. The lowest BCUT2D eigenvalue weighted by atomic mass is 10.2. The molecule has 3 aromatic rings. The third kappa shape index (κ3) is 1.71. The third-order valence-corrected chi connectivity index (χ3v) is 2.47. The van der Waals surface area contributed by atoms with Crippen LogP contribution in [0.5, 0.6) is 0 Å². The molecule has 0 aromatic carbocycles. The number of hydrogen-bond donors (Lipinski definition) is 2. The summed E-state index contributed by atoms with van der Waals surface area (Å²) in [5, 5.41) is 10.3. The first-order valence-electron chi connectivity index (χ1n) is 5.30. The van der Waals surface area contributed by atoms with Gasteiger partial charge in [-0.3, -0.25) is 10.1 Å². The Hall–Kier alpha value is -2.70. The molecule has 0 fully saturated rings. The van der Waals surface area contributed by atoms with Crippen molar-refractivity contribution in [2.24, 2.45) is 0 Å². The number of H-pyrrole nitrogens is 1. The van der Waals surface area contributed by atoms with E-state index in [1.54, 1.807) is 6.20 Å². The number of aryl methyl sites for hydroxylation is 1. The normalized spacial score (nSPS) is 10.7. The highest BCUT2D eigenvalue weighted by atomic mass is 16.5. The number of nitrogens with one attached hydrogen (secondary N) is 1. The highest BCUT2D eigenvalue weighted by Gasteiger charge is 2.14. The zero-order valence-corrected chi connectivity index (χ0v) is 9.58. The van der Waals surface area contributed by atoms with Gasteiger partial charge in [-0.05, 0) is 24.6 Å². The van der Waals surface area contributed by atoms with E-state index in [0.717, 1.165) is 5.56 Å². The molecule has 7 nitrogen and oxygen atoms in total. The summed E-state index contributed by atoms with van der Waals surface area (Å²) in [6.07, 6.45) is 3.24. The standard InChI is InChI=1S/C11H10N6O/c1-6-2-3-13-8(4-6)10-15-11(18-17-10)7-5-14-16-9(7)12/h2-5H,1H3,(H3,12,14,16). The van der Waals surface area contributed by atoms with Gasteiger partial charge >= 0.3 is 0 Å². The Morgan fingerprint density at radius 1 is 1.39 bits per heavy atom. The first-order valence-corrected chi connectivity index (χ1v) is 5.30. The number of rotatable bonds is 2. The van der Waals surface area contributed by atoms with Gasteiger partial charge in [-0.2, -0.15) is 10.1 Å². The summed E-state index contributed by atoms with van der Waals surface area (Å²) in [7, 11) is 0. The number of hydrogen-bond acceptors (Lipinski definition) is 6. The Morgan fingerprint density at radius 2 is 2.28 bits per heavy atom. The average molecular weight is 242 g/mol. The van der Waals surface area contributed by atoms with Crippen molar-refractivity contribution in [3.05, 3.63) is 30.1 Å². The first-order chi connectivity index (χ1) is 8.74. The lowest BCUT2D eigenvalue weighted by Gasteiger charge is -1.94. The Balaban J connectivity index is 2.02. The summed E-state index contributed by atoms with van der Waals surface area (Å²) in [6, 6.07) is 3.78. The molecule has 3 heterocycles. The van der Waals surface area contributed by atoms with Gasteiger partial charge < -0.3 is 10.3 Å². The van der Waals surface area contributed by atoms with Crippen LogP contribution in [0.25, 0.3) is 23.0 Å². The lowest BCUT2D eigenvalue weighted by Crippen LogP contribution is -1.88. The molecule has 3 aromatic heterocycles. The summed E-state index contributed by atoms with van der Waals surface area (Å²) in [6.45, 7) is 1.97. The fraction of sp³-hybridized carbons (Fsp3) is 0.0909. The molecule has 0 amide bonds. The minimum atomic E-state index is 0.319. The fourth-order valence-electron chi connectivity index (χ4n) is 1.56. The zero-order chi connectivity index (χ0) is 12.5. The van der Waals surface area contributed by atoms with E-state index in [1.807, 2.05) is 19.1 Å². The van der Waals surface area contributed by atoms with Crippen molar-refractivity contribution in [1.82, 2.24) is 25.3 Å². The molecule has 3 N–H and O–H groups in total. The largest absolute Gasteiger partial charge is 0.383 e. The molecule has 0 aliphatic rings. The summed E-state index contributed by atoms with van der Waals surface area (Å²) < 4.78 is 5.14. The van der Waals surface area contributed by atoms with E-state index in [0.29, 0.717) is 28.8 Å². The van der Waals surface area contributed by atoms with Crippen LogP contribution in [0, 0.1) is 6.92 Å². The molecule has 0 unspecified atom stereocenters. The Kier molecular flexibility index (Phi) is 2.30. The van der Waals surface area contributed by atoms with Crippen LogP contribution >= 0.6 is 0 Å². The SMILES string of the molecule is Cc1ccnc(-c2noc(-c3cn[nH]c3N)n2)c1. The molecule has 18 heavy (non-hydrogen) atoms. The van der Waals surface area contributed by atoms with Crippen LogP contribution in [0.2, 0.25) is 0 Å². The summed E-state index contributed by atoms with van der Waals surface area (Å²) in [4.78, 5) is 8.43. The van der Waals surface area contributed by atoms with Crippen LogP contribution in [-0.4, -0.2) is 25.3 Å².